The van der Waals surface area contributed by atoms with Crippen LogP contribution in [0.15, 0.2) is 82.2 Å². The van der Waals surface area contributed by atoms with Gasteiger partial charge < -0.3 is 99.0 Å². The molecular weight excluding hydrogens is 1570 g/mol. The van der Waals surface area contributed by atoms with Gasteiger partial charge in [-0.25, -0.2) is 23.5 Å². The maximum atomic E-state index is 13.9. The molecule has 6 aromatic rings. The number of hydrogen-bond acceptors (Lipinski definition) is 30. The molecule has 36 nitrogen and oxygen atoms in total. The van der Waals surface area contributed by atoms with Crippen LogP contribution < -0.4 is 71.0 Å². The number of nitrogens with zero attached hydrogens (tertiary/aromatic N) is 14. The number of anilines is 2. The second-order valence-electron chi connectivity index (χ2n) is 24.1. The van der Waals surface area contributed by atoms with Crippen molar-refractivity contribution in [3.63, 3.8) is 0 Å². The third kappa shape index (κ3) is 19.4. The second kappa shape index (κ2) is 35.5. The zero-order chi connectivity index (χ0) is 72.5. The second-order valence-corrected chi connectivity index (χ2v) is 29.1. The van der Waals surface area contributed by atoms with Crippen LogP contribution in [0.1, 0.15) is 73.2 Å². The smallest absolute Gasteiger partial charge is 0.414 e. The molecule has 4 aliphatic rings. The Hall–Kier alpha value is -7.97. The molecule has 548 valence electrons. The van der Waals surface area contributed by atoms with Gasteiger partial charge in [-0.15, -0.1) is 35.9 Å². The third-order valence-corrected chi connectivity index (χ3v) is 18.7. The minimum Gasteiger partial charge on any atom is -1.00 e. The number of hydrogen-bond donors (Lipinski definition) is 6. The maximum absolute atomic E-state index is 13.9. The number of carboxylic acid groups (broad SMARTS) is 1. The largest absolute Gasteiger partial charge is 1.00 e. The fraction of sp³-hybridized carbons (Fsp3) is 0.483. The van der Waals surface area contributed by atoms with Crippen LogP contribution in [0.25, 0.3) is 22.3 Å². The molecule has 6 aromatic heterocycles. The van der Waals surface area contributed by atoms with Gasteiger partial charge in [0, 0.05) is 74.5 Å². The van der Waals surface area contributed by atoms with Crippen LogP contribution in [-0.4, -0.2) is 213 Å². The summed E-state index contributed by atoms with van der Waals surface area (Å²) in [5, 5.41) is 29.4. The fourth-order valence-corrected chi connectivity index (χ4v) is 14.4. The van der Waals surface area contributed by atoms with Crippen LogP contribution >= 0.6 is 67.0 Å². The number of aliphatic carboxylic acids is 1. The minimum atomic E-state index is -1.64. The van der Waals surface area contributed by atoms with E-state index in [9.17, 15) is 43.5 Å². The van der Waals surface area contributed by atoms with Gasteiger partial charge in [-0.2, -0.15) is 18.7 Å². The lowest BCUT2D eigenvalue weighted by molar-refractivity contribution is -0.665. The number of β-lactam (4-membered cyclic amide) rings is 2. The highest BCUT2D eigenvalue weighted by molar-refractivity contribution is 8.00. The molecule has 2 saturated heterocycles. The summed E-state index contributed by atoms with van der Waals surface area (Å²) in [5.41, 5.74) is 13.2. The lowest BCUT2D eigenvalue weighted by atomic mass is 10.0. The molecular formula is C58H74BClIN20O16PS4. The fourth-order valence-electron chi connectivity index (χ4n) is 10.4. The molecule has 10 heterocycles. The molecule has 4 aliphatic heterocycles. The highest BCUT2D eigenvalue weighted by Gasteiger charge is 2.56. The van der Waals surface area contributed by atoms with Gasteiger partial charge in [-0.05, 0) is 96.3 Å². The molecule has 8 N–H and O–H groups in total. The Morgan fingerprint density at radius 3 is 1.79 bits per heavy atom. The summed E-state index contributed by atoms with van der Waals surface area (Å²) >= 11 is 4.32. The number of imidazole rings is 2. The number of methoxy groups -OCH3 is 2. The minimum absolute atomic E-state index is 0. The number of fused-ring (bicyclic) bond motifs is 4. The lowest BCUT2D eigenvalue weighted by Crippen LogP contribution is -3.00. The van der Waals surface area contributed by atoms with Crippen molar-refractivity contribution in [2.24, 2.45) is 16.0 Å². The van der Waals surface area contributed by atoms with Crippen molar-refractivity contribution >= 4 is 166 Å². The number of alkyl carbamates (subject to hydrolysis) is 1. The van der Waals surface area contributed by atoms with Crippen molar-refractivity contribution in [2.75, 3.05) is 69.9 Å². The van der Waals surface area contributed by atoms with Gasteiger partial charge in [0.2, 0.25) is 40.9 Å². The number of nitrogens with two attached hydrogens (primary N) is 2. The Bertz CT molecular complexity index is 4240. The number of carbonyl (C=O) groups is 8. The van der Waals surface area contributed by atoms with E-state index in [1.165, 1.54) is 35.5 Å². The maximum Gasteiger partial charge on any atom is 0.414 e. The van der Waals surface area contributed by atoms with Gasteiger partial charge in [-0.1, -0.05) is 10.3 Å². The number of amides is 6. The molecule has 7 unspecified atom stereocenters. The standard InChI is InChI=1S/C35H46BN10O10PS2.C23H26N10O6S2.ClH.HI/c1-10-53-42-22(25-40-31(59-43-25)41-33(51)55-35(5,6)7)27(47)39-23-28(48)46-24(30(49)56-57(9)36)19(17-58-29(23)46)14-44-13-11-12-21-26(44)37-18-45(21)15-20(16-52-8)38-32(50)54-34(2,3)4;1-3-39-29-14(17-28-23(25)41-30-17)19(34)27-15-20(35)33-16(22(36)37)11(9-40-21(15)33)7-31-6-4-5-12-18(31)26-10-32(12)13(24)8-38-2;;/h11-13,18,20,23,29H,10,14-17H2,1-9H3,(H2-,38,39,40,41,43,47,50,51);4-6,10,13,15,21H,3,7-9,24H2,1-2H3,(H3-,25,27,28,30,34,36,37);2*1H/b42-22-;29-14-;;. The average Bonchev–Trinajstić information content (AvgIpc) is 0.843. The topological polar surface area (TPSA) is 451 Å². The van der Waals surface area contributed by atoms with Crippen LogP contribution in [0, 0.1) is 0 Å². The van der Waals surface area contributed by atoms with Crippen molar-refractivity contribution in [2.45, 2.75) is 121 Å². The van der Waals surface area contributed by atoms with Crippen LogP contribution in [0.3, 0.4) is 0 Å². The van der Waals surface area contributed by atoms with Crippen LogP contribution in [0.5, 0.6) is 0 Å². The molecule has 0 saturated carbocycles. The molecule has 10 rings (SSSR count). The lowest BCUT2D eigenvalue weighted by Gasteiger charge is -2.50. The predicted octanol–water partition coefficient (Wildman–Crippen LogP) is -2.06. The predicted molar refractivity (Wildman–Crippen MR) is 371 cm³/mol. The Morgan fingerprint density at radius 1 is 0.765 bits per heavy atom. The van der Waals surface area contributed by atoms with Crippen molar-refractivity contribution < 1.29 is 110 Å². The molecule has 0 aliphatic carbocycles. The quantitative estimate of drug-likeness (QED) is 0.00647. The Labute approximate surface area is 626 Å². The van der Waals surface area contributed by atoms with Gasteiger partial charge >= 0.3 is 29.5 Å². The van der Waals surface area contributed by atoms with Gasteiger partial charge in [0.15, 0.2) is 12.7 Å². The highest BCUT2D eigenvalue weighted by atomic mass is 127. The summed E-state index contributed by atoms with van der Waals surface area (Å²) in [6.07, 6.45) is 5.00. The van der Waals surface area contributed by atoms with E-state index in [4.69, 9.17) is 52.2 Å². The van der Waals surface area contributed by atoms with E-state index in [1.54, 1.807) is 109 Å². The molecule has 0 spiro atoms. The summed E-state index contributed by atoms with van der Waals surface area (Å²) in [6, 6.07) is 4.82. The summed E-state index contributed by atoms with van der Waals surface area (Å²) in [6.45, 7) is 16.8. The van der Waals surface area contributed by atoms with Crippen molar-refractivity contribution in [3.8, 4) is 0 Å². The zero-order valence-electron chi connectivity index (χ0n) is 56.8. The van der Waals surface area contributed by atoms with E-state index >= 15 is 0 Å². The molecule has 0 bridgehead atoms. The number of ether oxygens (including phenoxy) is 4. The zero-order valence-corrected chi connectivity index (χ0v) is 64.0. The number of carbonyl (C=O) groups excluding carboxylic acids is 8. The monoisotopic (exact) mass is 1640 g/mol. The number of halogens is 2. The number of thioether (sulfide) groups is 2. The van der Waals surface area contributed by atoms with Crippen LogP contribution in [-0.2, 0) is 81.5 Å². The molecule has 2 fully saturated rings. The van der Waals surface area contributed by atoms with Crippen molar-refractivity contribution in [3.05, 3.63) is 83.5 Å². The number of nitrogens with one attached hydrogen (secondary N) is 4. The van der Waals surface area contributed by atoms with E-state index in [2.05, 4.69) is 60.3 Å². The molecule has 102 heavy (non-hydrogen) atoms. The number of pyridine rings is 2. The Kier molecular flexibility index (Phi) is 28.3. The molecule has 0 aromatic carbocycles. The average molecular weight is 1640 g/mol. The van der Waals surface area contributed by atoms with Crippen LogP contribution in [0.4, 0.5) is 19.9 Å². The molecule has 7 atom stereocenters. The van der Waals surface area contributed by atoms with E-state index in [0.29, 0.717) is 29.0 Å². The first kappa shape index (κ1) is 81.3. The number of nitrogen functional groups attached to an aromatic ring is 1. The summed E-state index contributed by atoms with van der Waals surface area (Å²) < 4.78 is 42.0. The molecule has 44 heteroatoms. The summed E-state index contributed by atoms with van der Waals surface area (Å²) in [7, 11) is 7.36. The van der Waals surface area contributed by atoms with Gasteiger partial charge in [-0.3, -0.25) is 38.9 Å². The van der Waals surface area contributed by atoms with E-state index in [0.717, 1.165) is 39.0 Å². The van der Waals surface area contributed by atoms with E-state index < -0.39 is 102 Å². The molecule has 2 radical (unpaired) electrons. The van der Waals surface area contributed by atoms with Gasteiger partial charge in [0.25, 0.3) is 23.6 Å². The van der Waals surface area contributed by atoms with Gasteiger partial charge in [0.1, 0.15) is 83.2 Å². The highest BCUT2D eigenvalue weighted by Crippen LogP contribution is 2.43. The third-order valence-electron chi connectivity index (χ3n) is 14.4. The Morgan fingerprint density at radius 2 is 1.27 bits per heavy atom. The number of rotatable bonds is 26. The number of aromatic nitrogens is 10. The first-order chi connectivity index (χ1) is 47.5. The number of carboxylic acids is 1. The van der Waals surface area contributed by atoms with E-state index in [1.807, 2.05) is 27.3 Å². The van der Waals surface area contributed by atoms with E-state index in [-0.39, 0.29) is 132 Å². The summed E-state index contributed by atoms with van der Waals surface area (Å²) in [5.74, 6) is -4.67. The Balaban J connectivity index is 0.000000297. The number of oxime groups is 2. The SMILES string of the molecule is CCO/N=C(\C(=O)NC1C(=O)N2C(C(=O)[O-])=C(C[n+]3cccc4c3ncn4C(N)COC)CSC12)c1nsc(N)n1.Cl.[B]P(C)OC(=O)C1=C(C[n+]2cccc3c2ncn3CC(COC)NC(=O)OC(C)(C)C)CSC2C(NC(=O)/C(=N\OCC)c3nsc(NC(=O)OC(C)(C)C)n3)C(=O)N12.[I-]. The first-order valence-corrected chi connectivity index (χ1v) is 36.1. The molecule has 6 amide bonds. The first-order valence-electron chi connectivity index (χ1n) is 30.6. The normalized spacial score (nSPS) is 18.3. The van der Waals surface area contributed by atoms with Crippen molar-refractivity contribution in [1.82, 2.24) is 63.6 Å². The van der Waals surface area contributed by atoms with Gasteiger partial charge in [0.05, 0.1) is 43.3 Å². The van der Waals surface area contributed by atoms with Crippen molar-refractivity contribution in [1.29, 1.82) is 0 Å². The summed E-state index contributed by atoms with van der Waals surface area (Å²) in [4.78, 5) is 134. The van der Waals surface area contributed by atoms with Crippen LogP contribution in [0.2, 0.25) is 0 Å².